The van der Waals surface area contributed by atoms with Gasteiger partial charge in [-0.2, -0.15) is 0 Å². The van der Waals surface area contributed by atoms with E-state index < -0.39 is 0 Å². The van der Waals surface area contributed by atoms with E-state index in [0.717, 1.165) is 19.3 Å². The molecule has 0 aliphatic carbocycles. The van der Waals surface area contributed by atoms with Crippen LogP contribution in [0.15, 0.2) is 0 Å². The maximum absolute atomic E-state index is 5.65. The van der Waals surface area contributed by atoms with E-state index in [4.69, 9.17) is 31.4 Å². The van der Waals surface area contributed by atoms with Gasteiger partial charge >= 0.3 is 0 Å². The first kappa shape index (κ1) is 22.2. The molecular formula is C12H29N3O3Y. The normalized spacial score (nSPS) is 10.7. The Balaban J connectivity index is 0. The van der Waals surface area contributed by atoms with Crippen molar-refractivity contribution in [3.05, 3.63) is 0 Å². The van der Waals surface area contributed by atoms with Crippen molar-refractivity contribution in [1.29, 1.82) is 0 Å². The first-order valence-electron chi connectivity index (χ1n) is 6.72. The average Bonchev–Trinajstić information content (AvgIpc) is 2.39. The van der Waals surface area contributed by atoms with Crippen LogP contribution in [0.4, 0.5) is 0 Å². The number of hydrogen-bond donors (Lipinski definition) is 3. The van der Waals surface area contributed by atoms with E-state index in [1.54, 1.807) is 0 Å². The van der Waals surface area contributed by atoms with Crippen LogP contribution < -0.4 is 17.2 Å². The summed E-state index contributed by atoms with van der Waals surface area (Å²) in [5.41, 5.74) is 16.2. The van der Waals surface area contributed by atoms with Crippen molar-refractivity contribution in [3.63, 3.8) is 0 Å². The van der Waals surface area contributed by atoms with Crippen molar-refractivity contribution in [1.82, 2.24) is 0 Å². The summed E-state index contributed by atoms with van der Waals surface area (Å²) in [5, 5.41) is 0. The van der Waals surface area contributed by atoms with Gasteiger partial charge in [-0.3, -0.25) is 0 Å². The number of rotatable bonds is 14. The first-order chi connectivity index (χ1) is 8.85. The van der Waals surface area contributed by atoms with Gasteiger partial charge in [0.2, 0.25) is 0 Å². The predicted octanol–water partition coefficient (Wildman–Crippen LogP) is -0.551. The Hall–Kier alpha value is 0.864. The molecule has 6 N–H and O–H groups in total. The summed E-state index contributed by atoms with van der Waals surface area (Å²) < 4.78 is 16.6. The molecule has 7 heteroatoms. The summed E-state index contributed by atoms with van der Waals surface area (Å²) in [4.78, 5) is 0. The zero-order chi connectivity index (χ0) is 13.5. The summed E-state index contributed by atoms with van der Waals surface area (Å²) in [6, 6.07) is 0. The molecule has 0 bridgehead atoms. The molecule has 0 saturated heterocycles. The van der Waals surface area contributed by atoms with Crippen LogP contribution in [0.5, 0.6) is 0 Å². The molecule has 0 atom stereocenters. The summed E-state index contributed by atoms with van der Waals surface area (Å²) in [6.07, 6.45) is 2.54. The maximum atomic E-state index is 5.65. The Morgan fingerprint density at radius 2 is 1.11 bits per heavy atom. The van der Waals surface area contributed by atoms with Crippen molar-refractivity contribution < 1.29 is 46.9 Å². The Bertz CT molecular complexity index is 155. The zero-order valence-corrected chi connectivity index (χ0v) is 14.7. The molecule has 0 fully saturated rings. The van der Waals surface area contributed by atoms with Gasteiger partial charge in [-0.1, -0.05) is 0 Å². The second kappa shape index (κ2) is 18.9. The van der Waals surface area contributed by atoms with Crippen LogP contribution in [0.1, 0.15) is 19.3 Å². The molecule has 0 aromatic carbocycles. The number of ether oxygens (including phenoxy) is 3. The molecule has 6 nitrogen and oxygen atoms in total. The van der Waals surface area contributed by atoms with Crippen LogP contribution in [0.2, 0.25) is 0 Å². The zero-order valence-electron chi connectivity index (χ0n) is 11.9. The van der Waals surface area contributed by atoms with E-state index in [1.807, 2.05) is 0 Å². The van der Waals surface area contributed by atoms with Gasteiger partial charge in [0.25, 0.3) is 0 Å². The van der Waals surface area contributed by atoms with Crippen molar-refractivity contribution in [2.24, 2.45) is 17.2 Å². The minimum Gasteiger partial charge on any atom is -0.379 e. The maximum Gasteiger partial charge on any atom is 0.104 e. The van der Waals surface area contributed by atoms with Gasteiger partial charge < -0.3 is 31.4 Å². The largest absolute Gasteiger partial charge is 0.379 e. The smallest absolute Gasteiger partial charge is 0.104 e. The molecule has 113 valence electrons. The molecule has 0 amide bonds. The van der Waals surface area contributed by atoms with Gasteiger partial charge in [-0.15, -0.1) is 0 Å². The monoisotopic (exact) mass is 352 g/mol. The third-order valence-corrected chi connectivity index (χ3v) is 2.30. The number of hydrogen-bond acceptors (Lipinski definition) is 6. The molecule has 0 aliphatic heterocycles. The van der Waals surface area contributed by atoms with Gasteiger partial charge in [-0.25, -0.2) is 0 Å². The molecule has 0 saturated carbocycles. The van der Waals surface area contributed by atoms with Crippen molar-refractivity contribution in [3.8, 4) is 0 Å². The van der Waals surface area contributed by atoms with Gasteiger partial charge in [0.15, 0.2) is 0 Å². The van der Waals surface area contributed by atoms with Gasteiger partial charge in [-0.05, 0) is 38.9 Å². The molecule has 0 unspecified atom stereocenters. The minimum absolute atomic E-state index is 0. The van der Waals surface area contributed by atoms with E-state index in [1.165, 1.54) is 0 Å². The van der Waals surface area contributed by atoms with E-state index in [9.17, 15) is 0 Å². The van der Waals surface area contributed by atoms with Crippen LogP contribution in [-0.2, 0) is 46.9 Å². The summed E-state index contributed by atoms with van der Waals surface area (Å²) in [5.74, 6) is 0. The summed E-state index contributed by atoms with van der Waals surface area (Å²) in [6.45, 7) is 4.96. The van der Waals surface area contributed by atoms with Crippen LogP contribution in [-0.4, -0.2) is 58.8 Å². The van der Waals surface area contributed by atoms with Crippen LogP contribution in [0.3, 0.4) is 0 Å². The quantitative estimate of drug-likeness (QED) is 0.362. The topological polar surface area (TPSA) is 106 Å². The Morgan fingerprint density at radius 1 is 0.684 bits per heavy atom. The van der Waals surface area contributed by atoms with E-state index in [2.05, 4.69) is 0 Å². The molecule has 0 heterocycles. The predicted molar refractivity (Wildman–Crippen MR) is 72.4 cm³/mol. The molecule has 0 aromatic heterocycles. The SMILES string of the molecule is NCCCOCC(COCCCN)OCCCN.[Y]. The van der Waals surface area contributed by atoms with Gasteiger partial charge in [0.05, 0.1) is 13.2 Å². The standard InChI is InChI=1S/C12H29N3O3.Y/c13-4-1-7-16-10-12(18-9-3-6-15)11-17-8-2-5-14;/h12H,1-11,13-15H2;. The third kappa shape index (κ3) is 16.8. The Labute approximate surface area is 141 Å². The summed E-state index contributed by atoms with van der Waals surface area (Å²) in [7, 11) is 0. The fourth-order valence-electron chi connectivity index (χ4n) is 1.28. The van der Waals surface area contributed by atoms with E-state index >= 15 is 0 Å². The second-order valence-electron chi connectivity index (χ2n) is 4.07. The molecule has 1 radical (unpaired) electrons. The van der Waals surface area contributed by atoms with Crippen LogP contribution >= 0.6 is 0 Å². The van der Waals surface area contributed by atoms with Crippen molar-refractivity contribution in [2.45, 2.75) is 25.4 Å². The van der Waals surface area contributed by atoms with Crippen LogP contribution in [0.25, 0.3) is 0 Å². The van der Waals surface area contributed by atoms with E-state index in [0.29, 0.717) is 52.7 Å². The molecule has 0 aromatic rings. The van der Waals surface area contributed by atoms with Gasteiger partial charge in [0, 0.05) is 52.5 Å². The first-order valence-corrected chi connectivity index (χ1v) is 6.72. The molecule has 19 heavy (non-hydrogen) atoms. The minimum atomic E-state index is -0.0351. The second-order valence-corrected chi connectivity index (χ2v) is 4.07. The Kier molecular flexibility index (Phi) is 22.0. The average molecular weight is 352 g/mol. The number of nitrogens with two attached hydrogens (primary N) is 3. The Morgan fingerprint density at radius 3 is 1.53 bits per heavy atom. The van der Waals surface area contributed by atoms with Crippen molar-refractivity contribution in [2.75, 3.05) is 52.7 Å². The molecule has 0 spiro atoms. The van der Waals surface area contributed by atoms with E-state index in [-0.39, 0.29) is 38.8 Å². The molecular weight excluding hydrogens is 323 g/mol. The summed E-state index contributed by atoms with van der Waals surface area (Å²) >= 11 is 0. The van der Waals surface area contributed by atoms with Crippen LogP contribution in [0, 0.1) is 0 Å². The fraction of sp³-hybridized carbons (Fsp3) is 1.00. The molecule has 0 aliphatic rings. The fourth-order valence-corrected chi connectivity index (χ4v) is 1.28. The van der Waals surface area contributed by atoms with Crippen molar-refractivity contribution >= 4 is 0 Å². The third-order valence-electron chi connectivity index (χ3n) is 2.30. The van der Waals surface area contributed by atoms with Gasteiger partial charge in [0.1, 0.15) is 6.10 Å². The molecule has 0 rings (SSSR count).